The number of fused-ring (bicyclic) bond motifs is 4. The first-order valence-electron chi connectivity index (χ1n) is 13.0. The number of hydrogen-bond acceptors (Lipinski definition) is 4. The van der Waals surface area contributed by atoms with Crippen LogP contribution in [0.2, 0.25) is 0 Å². The van der Waals surface area contributed by atoms with Crippen LogP contribution >= 0.6 is 0 Å². The fourth-order valence-corrected chi connectivity index (χ4v) is 6.15. The standard InChI is InChI=1S/C28H32N4O3/c33-26(31-17-13-20-8-2-3-9-22(20)31)19-32-25-18-21(27(34)29-14-5-1-6-15-29)11-12-23(25)30-16-7-4-10-24(30)28(32)35/h2-3,8-9,11-12,18,24H,1,4-7,10,13-17,19H2/t24-/m0/s1. The van der Waals surface area contributed by atoms with Crippen molar-refractivity contribution in [3.63, 3.8) is 0 Å². The van der Waals surface area contributed by atoms with Gasteiger partial charge in [0.25, 0.3) is 5.91 Å². The molecule has 3 amide bonds. The average Bonchev–Trinajstić information content (AvgIpc) is 3.35. The van der Waals surface area contributed by atoms with Crippen LogP contribution in [0.25, 0.3) is 0 Å². The van der Waals surface area contributed by atoms with E-state index in [-0.39, 0.29) is 30.3 Å². The molecule has 4 aliphatic rings. The van der Waals surface area contributed by atoms with E-state index in [0.717, 1.165) is 76.0 Å². The second-order valence-corrected chi connectivity index (χ2v) is 10.1. The van der Waals surface area contributed by atoms with E-state index in [9.17, 15) is 14.4 Å². The van der Waals surface area contributed by atoms with Crippen molar-refractivity contribution in [2.24, 2.45) is 0 Å². The van der Waals surface area contributed by atoms with Crippen molar-refractivity contribution in [3.8, 4) is 0 Å². The summed E-state index contributed by atoms with van der Waals surface area (Å²) in [6.45, 7) is 3.01. The van der Waals surface area contributed by atoms with Gasteiger partial charge in [-0.1, -0.05) is 18.2 Å². The minimum atomic E-state index is -0.237. The van der Waals surface area contributed by atoms with Crippen LogP contribution in [0.3, 0.4) is 0 Å². The van der Waals surface area contributed by atoms with Crippen molar-refractivity contribution < 1.29 is 14.4 Å². The monoisotopic (exact) mass is 472 g/mol. The van der Waals surface area contributed by atoms with Crippen molar-refractivity contribution in [2.45, 2.75) is 51.0 Å². The molecule has 6 rings (SSSR count). The Balaban J connectivity index is 1.33. The van der Waals surface area contributed by atoms with Crippen molar-refractivity contribution >= 4 is 34.8 Å². The molecule has 4 heterocycles. The van der Waals surface area contributed by atoms with Gasteiger partial charge in [0.2, 0.25) is 11.8 Å². The third-order valence-corrected chi connectivity index (χ3v) is 8.00. The van der Waals surface area contributed by atoms with Crippen molar-refractivity contribution in [1.82, 2.24) is 4.90 Å². The molecule has 0 saturated carbocycles. The molecule has 0 spiro atoms. The Bertz CT molecular complexity index is 1170. The topological polar surface area (TPSA) is 64.2 Å². The Labute approximate surface area is 206 Å². The van der Waals surface area contributed by atoms with Crippen LogP contribution in [-0.4, -0.2) is 61.4 Å². The van der Waals surface area contributed by atoms with Gasteiger partial charge in [-0.25, -0.2) is 0 Å². The molecule has 0 aromatic heterocycles. The highest BCUT2D eigenvalue weighted by atomic mass is 16.2. The molecule has 0 aliphatic carbocycles. The zero-order valence-corrected chi connectivity index (χ0v) is 20.1. The summed E-state index contributed by atoms with van der Waals surface area (Å²) >= 11 is 0. The molecule has 2 aromatic rings. The second-order valence-electron chi connectivity index (χ2n) is 10.1. The molecule has 2 aromatic carbocycles. The van der Waals surface area contributed by atoms with Gasteiger partial charge in [-0.05, 0) is 74.8 Å². The van der Waals surface area contributed by atoms with E-state index in [1.54, 1.807) is 9.80 Å². The highest BCUT2D eigenvalue weighted by Gasteiger charge is 2.41. The summed E-state index contributed by atoms with van der Waals surface area (Å²) in [5.41, 5.74) is 4.35. The summed E-state index contributed by atoms with van der Waals surface area (Å²) in [6, 6.07) is 13.5. The van der Waals surface area contributed by atoms with Crippen molar-refractivity contribution in [2.75, 3.05) is 47.4 Å². The first-order chi connectivity index (χ1) is 17.1. The molecule has 7 heteroatoms. The molecular formula is C28H32N4O3. The van der Waals surface area contributed by atoms with E-state index in [2.05, 4.69) is 11.0 Å². The number of piperidine rings is 2. The van der Waals surface area contributed by atoms with Crippen LogP contribution in [0.1, 0.15) is 54.4 Å². The normalized spacial score (nSPS) is 21.5. The van der Waals surface area contributed by atoms with Crippen LogP contribution < -0.4 is 14.7 Å². The fraction of sp³-hybridized carbons (Fsp3) is 0.464. The molecule has 4 aliphatic heterocycles. The largest absolute Gasteiger partial charge is 0.358 e. The molecular weight excluding hydrogens is 440 g/mol. The summed E-state index contributed by atoms with van der Waals surface area (Å²) in [5.74, 6) is -0.0904. The van der Waals surface area contributed by atoms with Gasteiger partial charge in [0.1, 0.15) is 12.6 Å². The van der Waals surface area contributed by atoms with E-state index in [4.69, 9.17) is 0 Å². The zero-order chi connectivity index (χ0) is 23.9. The molecule has 1 atom stereocenters. The molecule has 2 saturated heterocycles. The predicted octanol–water partition coefficient (Wildman–Crippen LogP) is 3.61. The lowest BCUT2D eigenvalue weighted by atomic mass is 9.95. The molecule has 0 unspecified atom stereocenters. The molecule has 0 bridgehead atoms. The minimum absolute atomic E-state index is 0.00807. The number of rotatable bonds is 3. The number of benzene rings is 2. The lowest BCUT2D eigenvalue weighted by Gasteiger charge is -2.45. The number of carbonyl (C=O) groups is 3. The number of likely N-dealkylation sites (tertiary alicyclic amines) is 1. The average molecular weight is 473 g/mol. The van der Waals surface area contributed by atoms with Crippen molar-refractivity contribution in [1.29, 1.82) is 0 Å². The summed E-state index contributed by atoms with van der Waals surface area (Å²) in [5, 5.41) is 0. The smallest absolute Gasteiger partial charge is 0.253 e. The Hall–Kier alpha value is -3.35. The molecule has 0 radical (unpaired) electrons. The number of para-hydroxylation sites is 1. The Kier molecular flexibility index (Phi) is 5.71. The zero-order valence-electron chi connectivity index (χ0n) is 20.1. The third kappa shape index (κ3) is 3.87. The van der Waals surface area contributed by atoms with Gasteiger partial charge in [0, 0.05) is 37.4 Å². The maximum absolute atomic E-state index is 13.7. The number of anilines is 3. The van der Waals surface area contributed by atoms with Gasteiger partial charge in [-0.3, -0.25) is 19.3 Å². The Morgan fingerprint density at radius 2 is 1.63 bits per heavy atom. The number of carbonyl (C=O) groups excluding carboxylic acids is 3. The predicted molar refractivity (Wildman–Crippen MR) is 136 cm³/mol. The lowest BCUT2D eigenvalue weighted by molar-refractivity contribution is -0.123. The summed E-state index contributed by atoms with van der Waals surface area (Å²) in [6.07, 6.45) is 6.90. The quantitative estimate of drug-likeness (QED) is 0.685. The summed E-state index contributed by atoms with van der Waals surface area (Å²) < 4.78 is 0. The lowest BCUT2D eigenvalue weighted by Crippen LogP contribution is -2.57. The number of nitrogens with zero attached hydrogens (tertiary/aromatic N) is 4. The van der Waals surface area contributed by atoms with Crippen LogP contribution in [0.4, 0.5) is 17.1 Å². The van der Waals surface area contributed by atoms with Crippen LogP contribution in [-0.2, 0) is 16.0 Å². The Morgan fingerprint density at radius 3 is 2.49 bits per heavy atom. The minimum Gasteiger partial charge on any atom is -0.358 e. The highest BCUT2D eigenvalue weighted by Crippen LogP contribution is 2.40. The van der Waals surface area contributed by atoms with E-state index in [0.29, 0.717) is 17.8 Å². The van der Waals surface area contributed by atoms with Gasteiger partial charge >= 0.3 is 0 Å². The first-order valence-corrected chi connectivity index (χ1v) is 13.0. The van der Waals surface area contributed by atoms with E-state index in [1.807, 2.05) is 41.3 Å². The molecule has 2 fully saturated rings. The first kappa shape index (κ1) is 22.1. The van der Waals surface area contributed by atoms with Gasteiger partial charge in [-0.2, -0.15) is 0 Å². The molecule has 35 heavy (non-hydrogen) atoms. The Morgan fingerprint density at radius 1 is 0.829 bits per heavy atom. The van der Waals surface area contributed by atoms with E-state index >= 15 is 0 Å². The molecule has 7 nitrogen and oxygen atoms in total. The van der Waals surface area contributed by atoms with Gasteiger partial charge in [0.05, 0.1) is 11.4 Å². The number of amides is 3. The van der Waals surface area contributed by atoms with Gasteiger partial charge in [0.15, 0.2) is 0 Å². The second kappa shape index (κ2) is 9.02. The van der Waals surface area contributed by atoms with E-state index in [1.165, 1.54) is 5.56 Å². The molecule has 182 valence electrons. The summed E-state index contributed by atoms with van der Waals surface area (Å²) in [4.78, 5) is 48.0. The summed E-state index contributed by atoms with van der Waals surface area (Å²) in [7, 11) is 0. The van der Waals surface area contributed by atoms with Crippen molar-refractivity contribution in [3.05, 3.63) is 53.6 Å². The molecule has 0 N–H and O–H groups in total. The van der Waals surface area contributed by atoms with Gasteiger partial charge < -0.3 is 14.7 Å². The maximum atomic E-state index is 13.7. The third-order valence-electron chi connectivity index (χ3n) is 8.00. The van der Waals surface area contributed by atoms with Crippen LogP contribution in [0.5, 0.6) is 0 Å². The maximum Gasteiger partial charge on any atom is 0.253 e. The fourth-order valence-electron chi connectivity index (χ4n) is 6.15. The SMILES string of the molecule is O=C(c1ccc2c(c1)N(CC(=O)N1CCc3ccccc31)C(=O)[C@@H]1CCCCN21)N1CCCCC1. The van der Waals surface area contributed by atoms with E-state index < -0.39 is 0 Å². The van der Waals surface area contributed by atoms with Gasteiger partial charge in [-0.15, -0.1) is 0 Å². The van der Waals surface area contributed by atoms with Crippen LogP contribution in [0.15, 0.2) is 42.5 Å². The highest BCUT2D eigenvalue weighted by molar-refractivity contribution is 6.11. The number of hydrogen-bond donors (Lipinski definition) is 0. The van der Waals surface area contributed by atoms with Crippen LogP contribution in [0, 0.1) is 0 Å².